The van der Waals surface area contributed by atoms with Crippen molar-refractivity contribution in [1.82, 2.24) is 0 Å². The Morgan fingerprint density at radius 1 is 1.17 bits per heavy atom. The molecule has 0 aliphatic carbocycles. The first-order valence-corrected chi connectivity index (χ1v) is 6.07. The molecule has 1 heterocycles. The lowest BCUT2D eigenvalue weighted by Gasteiger charge is -2.32. The molecule has 0 radical (unpaired) electrons. The van der Waals surface area contributed by atoms with E-state index in [0.29, 0.717) is 5.69 Å². The van der Waals surface area contributed by atoms with Crippen LogP contribution in [0.3, 0.4) is 0 Å². The zero-order chi connectivity index (χ0) is 13.6. The molecule has 5 heteroatoms. The van der Waals surface area contributed by atoms with E-state index >= 15 is 0 Å². The van der Waals surface area contributed by atoms with Gasteiger partial charge >= 0.3 is 7.12 Å². The number of nitrogen functional groups attached to an aromatic ring is 1. The summed E-state index contributed by atoms with van der Waals surface area (Å²) >= 11 is 0. The molecule has 4 N–H and O–H groups in total. The van der Waals surface area contributed by atoms with Crippen LogP contribution in [0.25, 0.3) is 0 Å². The second kappa shape index (κ2) is 4.11. The predicted octanol–water partition coefficient (Wildman–Crippen LogP) is -0.254. The van der Waals surface area contributed by atoms with Gasteiger partial charge in [0, 0.05) is 5.69 Å². The smallest absolute Gasteiger partial charge is 0.399 e. The average molecular weight is 247 g/mol. The molecule has 1 fully saturated rings. The van der Waals surface area contributed by atoms with Crippen molar-refractivity contribution in [3.05, 3.63) is 23.8 Å². The van der Waals surface area contributed by atoms with Crippen molar-refractivity contribution in [1.29, 1.82) is 0 Å². The summed E-state index contributed by atoms with van der Waals surface area (Å²) in [4.78, 5) is 0. The van der Waals surface area contributed by atoms with E-state index in [1.54, 1.807) is 0 Å². The summed E-state index contributed by atoms with van der Waals surface area (Å²) in [5.74, 6) is 0. The molecule has 2 rings (SSSR count). The first-order valence-electron chi connectivity index (χ1n) is 6.07. The molecule has 1 aromatic carbocycles. The Kier molecular flexibility index (Phi) is 2.99. The summed E-state index contributed by atoms with van der Waals surface area (Å²) in [6.07, 6.45) is 1.49. The first-order chi connectivity index (χ1) is 8.27. The normalized spacial score (nSPS) is 21.0. The van der Waals surface area contributed by atoms with Gasteiger partial charge in [0.15, 0.2) is 6.21 Å². The predicted molar refractivity (Wildman–Crippen MR) is 73.7 cm³/mol. The SMILES string of the molecule is CC1(C)OB(c2ccc(C=[NH2+])c(N)c2)OC1(C)C. The van der Waals surface area contributed by atoms with E-state index in [2.05, 4.69) is 0 Å². The van der Waals surface area contributed by atoms with Gasteiger partial charge in [0.05, 0.1) is 16.8 Å². The minimum atomic E-state index is -0.385. The largest absolute Gasteiger partial charge is 0.494 e. The minimum absolute atomic E-state index is 0.342. The van der Waals surface area contributed by atoms with Crippen LogP contribution in [-0.4, -0.2) is 24.5 Å². The zero-order valence-electron chi connectivity index (χ0n) is 11.4. The first kappa shape index (κ1) is 13.1. The number of hydrogen-bond donors (Lipinski definition) is 2. The second-order valence-electron chi connectivity index (χ2n) is 5.64. The molecule has 18 heavy (non-hydrogen) atoms. The number of nitrogens with two attached hydrogens (primary N) is 2. The maximum Gasteiger partial charge on any atom is 0.494 e. The Labute approximate surface area is 108 Å². The fraction of sp³-hybridized carbons (Fsp3) is 0.462. The van der Waals surface area contributed by atoms with Crippen LogP contribution in [0, 0.1) is 0 Å². The molecule has 0 atom stereocenters. The van der Waals surface area contributed by atoms with Gasteiger partial charge in [0.2, 0.25) is 0 Å². The Morgan fingerprint density at radius 3 is 2.17 bits per heavy atom. The van der Waals surface area contributed by atoms with Crippen molar-refractivity contribution in [3.63, 3.8) is 0 Å². The summed E-state index contributed by atoms with van der Waals surface area (Å²) in [7, 11) is -0.385. The quantitative estimate of drug-likeness (QED) is 0.430. The van der Waals surface area contributed by atoms with Gasteiger partial charge in [-0.2, -0.15) is 0 Å². The Balaban J connectivity index is 2.30. The molecule has 0 saturated carbocycles. The van der Waals surface area contributed by atoms with Gasteiger partial charge in [-0.3, -0.25) is 5.41 Å². The van der Waals surface area contributed by atoms with E-state index in [9.17, 15) is 0 Å². The van der Waals surface area contributed by atoms with Crippen molar-refractivity contribution in [2.45, 2.75) is 38.9 Å². The summed E-state index contributed by atoms with van der Waals surface area (Å²) in [6.45, 7) is 8.10. The molecular formula is C13H20BN2O2+. The van der Waals surface area contributed by atoms with Crippen LogP contribution in [0.4, 0.5) is 5.69 Å². The van der Waals surface area contributed by atoms with Crippen molar-refractivity contribution in [3.8, 4) is 0 Å². The highest BCUT2D eigenvalue weighted by molar-refractivity contribution is 6.62. The maximum atomic E-state index is 5.96. The third-order valence-corrected chi connectivity index (χ3v) is 3.82. The zero-order valence-corrected chi connectivity index (χ0v) is 11.4. The molecule has 96 valence electrons. The summed E-state index contributed by atoms with van der Waals surface area (Å²) in [5.41, 5.74) is 7.59. The van der Waals surface area contributed by atoms with E-state index in [1.807, 2.05) is 45.9 Å². The van der Waals surface area contributed by atoms with Gasteiger partial charge in [0.25, 0.3) is 0 Å². The highest BCUT2D eigenvalue weighted by Crippen LogP contribution is 2.36. The third kappa shape index (κ3) is 2.04. The highest BCUT2D eigenvalue weighted by Gasteiger charge is 2.51. The lowest BCUT2D eigenvalue weighted by atomic mass is 9.78. The number of rotatable bonds is 2. The molecule has 1 aliphatic heterocycles. The summed E-state index contributed by atoms with van der Waals surface area (Å²) < 4.78 is 11.9. The van der Waals surface area contributed by atoms with Crippen LogP contribution >= 0.6 is 0 Å². The number of anilines is 1. The van der Waals surface area contributed by atoms with Crippen molar-refractivity contribution in [2.75, 3.05) is 5.73 Å². The fourth-order valence-electron chi connectivity index (χ4n) is 1.87. The van der Waals surface area contributed by atoms with Gasteiger partial charge in [-0.05, 0) is 45.3 Å². The molecule has 0 amide bonds. The van der Waals surface area contributed by atoms with E-state index in [0.717, 1.165) is 11.0 Å². The fourth-order valence-corrected chi connectivity index (χ4v) is 1.87. The average Bonchev–Trinajstić information content (AvgIpc) is 2.48. The Hall–Kier alpha value is -1.33. The van der Waals surface area contributed by atoms with Crippen LogP contribution in [0.1, 0.15) is 33.3 Å². The molecule has 1 aromatic rings. The highest BCUT2D eigenvalue weighted by atomic mass is 16.7. The monoisotopic (exact) mass is 247 g/mol. The Morgan fingerprint density at radius 2 is 1.72 bits per heavy atom. The van der Waals surface area contributed by atoms with Gasteiger partial charge < -0.3 is 15.0 Å². The minimum Gasteiger partial charge on any atom is -0.399 e. The van der Waals surface area contributed by atoms with Crippen LogP contribution in [0.15, 0.2) is 18.2 Å². The molecule has 0 spiro atoms. The van der Waals surface area contributed by atoms with Gasteiger partial charge in [-0.15, -0.1) is 0 Å². The lowest BCUT2D eigenvalue weighted by molar-refractivity contribution is -0.104. The van der Waals surface area contributed by atoms with Crippen LogP contribution < -0.4 is 16.6 Å². The van der Waals surface area contributed by atoms with Crippen LogP contribution in [0.5, 0.6) is 0 Å². The lowest BCUT2D eigenvalue weighted by Crippen LogP contribution is -2.41. The van der Waals surface area contributed by atoms with E-state index in [4.69, 9.17) is 20.5 Å². The van der Waals surface area contributed by atoms with Gasteiger partial charge in [-0.1, -0.05) is 6.07 Å². The molecule has 0 aromatic heterocycles. The van der Waals surface area contributed by atoms with Crippen molar-refractivity contribution in [2.24, 2.45) is 0 Å². The summed E-state index contributed by atoms with van der Waals surface area (Å²) in [6, 6.07) is 5.65. The molecular weight excluding hydrogens is 227 g/mol. The molecule has 4 nitrogen and oxygen atoms in total. The maximum absolute atomic E-state index is 5.96. The van der Waals surface area contributed by atoms with E-state index < -0.39 is 0 Å². The third-order valence-electron chi connectivity index (χ3n) is 3.82. The van der Waals surface area contributed by atoms with Gasteiger partial charge in [-0.25, -0.2) is 0 Å². The molecule has 1 aliphatic rings. The molecule has 1 saturated heterocycles. The van der Waals surface area contributed by atoms with E-state index in [1.165, 1.54) is 6.21 Å². The van der Waals surface area contributed by atoms with Gasteiger partial charge in [0.1, 0.15) is 0 Å². The van der Waals surface area contributed by atoms with Crippen LogP contribution in [-0.2, 0) is 9.31 Å². The van der Waals surface area contributed by atoms with E-state index in [-0.39, 0.29) is 18.3 Å². The second-order valence-corrected chi connectivity index (χ2v) is 5.64. The van der Waals surface area contributed by atoms with Crippen molar-refractivity contribution < 1.29 is 14.7 Å². The summed E-state index contributed by atoms with van der Waals surface area (Å²) in [5, 5.41) is 5.47. The van der Waals surface area contributed by atoms with Crippen molar-refractivity contribution >= 4 is 24.5 Å². The standard InChI is InChI=1S/C13H19BN2O2/c1-12(2)13(3,4)18-14(17-12)10-6-5-9(8-15)11(16)7-10/h5-8,15H,16H2,1-4H3/p+1. The number of benzene rings is 1. The molecule has 0 unspecified atom stereocenters. The van der Waals surface area contributed by atoms with Crippen LogP contribution in [0.2, 0.25) is 0 Å². The number of hydrogen-bond acceptors (Lipinski definition) is 3. The molecule has 0 bridgehead atoms. The topological polar surface area (TPSA) is 70.1 Å². The Bertz CT molecular complexity index is 470.